The molecule has 3 rings (SSSR count). The van der Waals surface area contributed by atoms with Gasteiger partial charge in [-0.15, -0.1) is 0 Å². The summed E-state index contributed by atoms with van der Waals surface area (Å²) in [6, 6.07) is 12.7. The van der Waals surface area contributed by atoms with Crippen LogP contribution in [0.5, 0.6) is 0 Å². The van der Waals surface area contributed by atoms with Crippen molar-refractivity contribution in [2.45, 2.75) is 25.5 Å². The summed E-state index contributed by atoms with van der Waals surface area (Å²) in [5.41, 5.74) is 3.48. The van der Waals surface area contributed by atoms with Crippen molar-refractivity contribution in [3.05, 3.63) is 69.7 Å². The summed E-state index contributed by atoms with van der Waals surface area (Å²) in [5.74, 6) is -0.263. The van der Waals surface area contributed by atoms with Gasteiger partial charge in [-0.05, 0) is 35.7 Å². The lowest BCUT2D eigenvalue weighted by molar-refractivity contribution is 0.0858. The van der Waals surface area contributed by atoms with Gasteiger partial charge >= 0.3 is 0 Å². The predicted molar refractivity (Wildman–Crippen MR) is 82.5 cm³/mol. The molecule has 4 heteroatoms. The summed E-state index contributed by atoms with van der Waals surface area (Å²) in [6.45, 7) is 1.92. The van der Waals surface area contributed by atoms with Crippen LogP contribution in [0.1, 0.15) is 33.1 Å². The summed E-state index contributed by atoms with van der Waals surface area (Å²) in [6.07, 6.45) is -0.0430. The van der Waals surface area contributed by atoms with Crippen molar-refractivity contribution >= 4 is 17.5 Å². The van der Waals surface area contributed by atoms with E-state index in [1.807, 2.05) is 37.3 Å². The van der Waals surface area contributed by atoms with E-state index in [0.29, 0.717) is 17.0 Å². The molecule has 1 aliphatic rings. The van der Waals surface area contributed by atoms with Gasteiger partial charge in [0, 0.05) is 6.42 Å². The molecule has 0 radical (unpaired) electrons. The molecule has 0 saturated heterocycles. The molecule has 0 bridgehead atoms. The first-order valence-electron chi connectivity index (χ1n) is 6.89. The minimum absolute atomic E-state index is 0.263. The SMILES string of the molecule is Cc1ccc(C(=O)N[C@H]2c3ccccc3C[C@H]2O)c(Cl)c1. The number of aliphatic hydroxyl groups is 1. The van der Waals surface area contributed by atoms with Crippen molar-refractivity contribution < 1.29 is 9.90 Å². The maximum absolute atomic E-state index is 12.4. The van der Waals surface area contributed by atoms with Crippen LogP contribution in [0.15, 0.2) is 42.5 Å². The van der Waals surface area contributed by atoms with Crippen LogP contribution in [-0.4, -0.2) is 17.1 Å². The predicted octanol–water partition coefficient (Wildman–Crippen LogP) is 3.04. The maximum Gasteiger partial charge on any atom is 0.253 e. The molecule has 0 aliphatic heterocycles. The summed E-state index contributed by atoms with van der Waals surface area (Å²) in [7, 11) is 0. The number of aryl methyl sites for hydroxylation is 1. The van der Waals surface area contributed by atoms with Gasteiger partial charge in [-0.2, -0.15) is 0 Å². The van der Waals surface area contributed by atoms with E-state index in [2.05, 4.69) is 5.32 Å². The third-order valence-corrected chi connectivity index (χ3v) is 4.17. The van der Waals surface area contributed by atoms with E-state index in [4.69, 9.17) is 11.6 Å². The van der Waals surface area contributed by atoms with Crippen molar-refractivity contribution in [1.29, 1.82) is 0 Å². The number of halogens is 1. The van der Waals surface area contributed by atoms with Gasteiger partial charge in [0.1, 0.15) is 0 Å². The largest absolute Gasteiger partial charge is 0.390 e. The van der Waals surface area contributed by atoms with E-state index in [1.165, 1.54) is 0 Å². The summed E-state index contributed by atoms with van der Waals surface area (Å²) >= 11 is 6.12. The Bertz CT molecular complexity index is 699. The maximum atomic E-state index is 12.4. The number of hydrogen-bond donors (Lipinski definition) is 2. The molecule has 0 saturated carbocycles. The molecule has 2 aromatic carbocycles. The molecule has 21 heavy (non-hydrogen) atoms. The van der Waals surface area contributed by atoms with Gasteiger partial charge in [-0.1, -0.05) is 41.9 Å². The molecule has 1 amide bonds. The number of amides is 1. The summed E-state index contributed by atoms with van der Waals surface area (Å²) < 4.78 is 0. The van der Waals surface area contributed by atoms with E-state index >= 15 is 0 Å². The zero-order valence-electron chi connectivity index (χ0n) is 11.6. The minimum Gasteiger partial charge on any atom is -0.390 e. The third kappa shape index (κ3) is 2.67. The Labute approximate surface area is 128 Å². The highest BCUT2D eigenvalue weighted by Gasteiger charge is 2.32. The molecule has 3 nitrogen and oxygen atoms in total. The Morgan fingerprint density at radius 3 is 2.81 bits per heavy atom. The van der Waals surface area contributed by atoms with E-state index in [1.54, 1.807) is 12.1 Å². The summed E-state index contributed by atoms with van der Waals surface area (Å²) in [5, 5.41) is 13.5. The second-order valence-corrected chi connectivity index (χ2v) is 5.81. The van der Waals surface area contributed by atoms with Crippen LogP contribution < -0.4 is 5.32 Å². The van der Waals surface area contributed by atoms with Crippen molar-refractivity contribution in [3.8, 4) is 0 Å². The topological polar surface area (TPSA) is 49.3 Å². The fourth-order valence-corrected chi connectivity index (χ4v) is 3.09. The molecular weight excluding hydrogens is 286 g/mol. The number of aliphatic hydroxyl groups excluding tert-OH is 1. The monoisotopic (exact) mass is 301 g/mol. The van der Waals surface area contributed by atoms with Crippen LogP contribution in [0.3, 0.4) is 0 Å². The van der Waals surface area contributed by atoms with Crippen LogP contribution >= 0.6 is 11.6 Å². The molecule has 0 fully saturated rings. The molecule has 108 valence electrons. The Morgan fingerprint density at radius 2 is 2.05 bits per heavy atom. The molecule has 1 aliphatic carbocycles. The Balaban J connectivity index is 1.85. The van der Waals surface area contributed by atoms with Crippen LogP contribution in [-0.2, 0) is 6.42 Å². The lowest BCUT2D eigenvalue weighted by atomic mass is 10.1. The number of hydrogen-bond acceptors (Lipinski definition) is 2. The number of fused-ring (bicyclic) bond motifs is 1. The molecule has 0 unspecified atom stereocenters. The Hall–Kier alpha value is -1.84. The van der Waals surface area contributed by atoms with Gasteiger partial charge in [0.05, 0.1) is 22.7 Å². The lowest BCUT2D eigenvalue weighted by Crippen LogP contribution is -2.34. The number of rotatable bonds is 2. The first kappa shape index (κ1) is 14.1. The highest BCUT2D eigenvalue weighted by atomic mass is 35.5. The van der Waals surface area contributed by atoms with Crippen LogP contribution in [0, 0.1) is 6.92 Å². The van der Waals surface area contributed by atoms with Gasteiger partial charge in [0.25, 0.3) is 5.91 Å². The van der Waals surface area contributed by atoms with Gasteiger partial charge in [0.15, 0.2) is 0 Å². The highest BCUT2D eigenvalue weighted by Crippen LogP contribution is 2.31. The molecule has 0 aromatic heterocycles. The van der Waals surface area contributed by atoms with Crippen LogP contribution in [0.4, 0.5) is 0 Å². The van der Waals surface area contributed by atoms with Crippen molar-refractivity contribution in [3.63, 3.8) is 0 Å². The standard InChI is InChI=1S/C17H16ClNO2/c1-10-6-7-13(14(18)8-10)17(21)19-16-12-5-3-2-4-11(12)9-15(16)20/h2-8,15-16,20H,9H2,1H3,(H,19,21)/t15-,16+/m1/s1. The normalized spacial score (nSPS) is 20.1. The van der Waals surface area contributed by atoms with Crippen molar-refractivity contribution in [2.75, 3.05) is 0 Å². The average Bonchev–Trinajstić information content (AvgIpc) is 2.75. The van der Waals surface area contributed by atoms with Crippen LogP contribution in [0.25, 0.3) is 0 Å². The quantitative estimate of drug-likeness (QED) is 0.896. The number of carbonyl (C=O) groups excluding carboxylic acids is 1. The third-order valence-electron chi connectivity index (χ3n) is 3.86. The van der Waals surface area contributed by atoms with Gasteiger partial charge in [0.2, 0.25) is 0 Å². The first-order valence-corrected chi connectivity index (χ1v) is 7.27. The smallest absolute Gasteiger partial charge is 0.253 e. The average molecular weight is 302 g/mol. The highest BCUT2D eigenvalue weighted by molar-refractivity contribution is 6.33. The number of nitrogens with one attached hydrogen (secondary N) is 1. The van der Waals surface area contributed by atoms with E-state index in [-0.39, 0.29) is 11.9 Å². The fraction of sp³-hybridized carbons (Fsp3) is 0.235. The van der Waals surface area contributed by atoms with E-state index < -0.39 is 6.10 Å². The van der Waals surface area contributed by atoms with Crippen LogP contribution in [0.2, 0.25) is 5.02 Å². The fourth-order valence-electron chi connectivity index (χ4n) is 2.77. The van der Waals surface area contributed by atoms with Gasteiger partial charge in [-0.25, -0.2) is 0 Å². The molecule has 2 aromatic rings. The minimum atomic E-state index is -0.601. The van der Waals surface area contributed by atoms with E-state index in [0.717, 1.165) is 16.7 Å². The molecular formula is C17H16ClNO2. The molecule has 2 atom stereocenters. The number of benzene rings is 2. The van der Waals surface area contributed by atoms with Gasteiger partial charge in [-0.3, -0.25) is 4.79 Å². The van der Waals surface area contributed by atoms with Crippen molar-refractivity contribution in [1.82, 2.24) is 5.32 Å². The molecule has 0 spiro atoms. The van der Waals surface area contributed by atoms with E-state index in [9.17, 15) is 9.90 Å². The second-order valence-electron chi connectivity index (χ2n) is 5.40. The Morgan fingerprint density at radius 1 is 1.29 bits per heavy atom. The first-order chi connectivity index (χ1) is 10.1. The molecule has 2 N–H and O–H groups in total. The lowest BCUT2D eigenvalue weighted by Gasteiger charge is -2.18. The zero-order chi connectivity index (χ0) is 15.0. The number of carbonyl (C=O) groups is 1. The zero-order valence-corrected chi connectivity index (χ0v) is 12.4. The molecule has 0 heterocycles. The Kier molecular flexibility index (Phi) is 3.70. The van der Waals surface area contributed by atoms with Gasteiger partial charge < -0.3 is 10.4 Å². The summed E-state index contributed by atoms with van der Waals surface area (Å²) in [4.78, 5) is 12.4. The van der Waals surface area contributed by atoms with Crippen molar-refractivity contribution in [2.24, 2.45) is 0 Å². The second kappa shape index (κ2) is 5.51.